The van der Waals surface area contributed by atoms with E-state index in [1.165, 1.54) is 18.2 Å². The number of nitrogens with two attached hydrogens (primary N) is 1. The van der Waals surface area contributed by atoms with Gasteiger partial charge in [0.15, 0.2) is 0 Å². The van der Waals surface area contributed by atoms with Gasteiger partial charge in [-0.05, 0) is 37.5 Å². The molecule has 0 saturated heterocycles. The van der Waals surface area contributed by atoms with Crippen molar-refractivity contribution in [3.8, 4) is 0 Å². The molecule has 0 radical (unpaired) electrons. The molecule has 0 aromatic heterocycles. The molecule has 0 aliphatic heterocycles. The largest absolute Gasteiger partial charge is 0.240 e. The van der Waals surface area contributed by atoms with E-state index in [1.807, 2.05) is 13.8 Å². The number of primary sulfonamides is 1. The molecule has 21 heavy (non-hydrogen) atoms. The first-order chi connectivity index (χ1) is 9.56. The SMILES string of the molecule is CCC(C)CC(C)NS(=O)(=O)c1cccc(S(N)(=O)=O)c1. The number of benzene rings is 1. The van der Waals surface area contributed by atoms with Crippen LogP contribution < -0.4 is 9.86 Å². The second-order valence-corrected chi connectivity index (χ2v) is 8.57. The molecule has 2 unspecified atom stereocenters. The van der Waals surface area contributed by atoms with Crippen LogP contribution in [0.3, 0.4) is 0 Å². The van der Waals surface area contributed by atoms with Gasteiger partial charge in [0.05, 0.1) is 9.79 Å². The van der Waals surface area contributed by atoms with Crippen LogP contribution in [0.2, 0.25) is 0 Å². The van der Waals surface area contributed by atoms with Gasteiger partial charge in [-0.1, -0.05) is 26.3 Å². The molecule has 0 heterocycles. The maximum Gasteiger partial charge on any atom is 0.240 e. The molecule has 0 fully saturated rings. The Labute approximate surface area is 126 Å². The van der Waals surface area contributed by atoms with Crippen molar-refractivity contribution in [2.75, 3.05) is 0 Å². The Hall–Kier alpha value is -0.960. The van der Waals surface area contributed by atoms with Crippen LogP contribution in [0.15, 0.2) is 34.1 Å². The fourth-order valence-corrected chi connectivity index (χ4v) is 3.91. The Bertz CT molecular complexity index is 684. The number of hydrogen-bond acceptors (Lipinski definition) is 4. The second kappa shape index (κ2) is 6.87. The van der Waals surface area contributed by atoms with Gasteiger partial charge in [-0.3, -0.25) is 0 Å². The van der Waals surface area contributed by atoms with Gasteiger partial charge in [0.1, 0.15) is 0 Å². The second-order valence-electron chi connectivity index (χ2n) is 5.29. The van der Waals surface area contributed by atoms with E-state index >= 15 is 0 Å². The van der Waals surface area contributed by atoms with E-state index < -0.39 is 20.0 Å². The highest BCUT2D eigenvalue weighted by molar-refractivity contribution is 7.90. The number of hydrogen-bond donors (Lipinski definition) is 2. The molecule has 0 aliphatic carbocycles. The average Bonchev–Trinajstić information content (AvgIpc) is 2.37. The Morgan fingerprint density at radius 1 is 1.14 bits per heavy atom. The van der Waals surface area contributed by atoms with Gasteiger partial charge < -0.3 is 0 Å². The average molecular weight is 334 g/mol. The number of nitrogens with one attached hydrogen (secondary N) is 1. The normalized spacial score (nSPS) is 15.6. The zero-order valence-corrected chi connectivity index (χ0v) is 14.0. The number of sulfonamides is 2. The molecule has 3 N–H and O–H groups in total. The third kappa shape index (κ3) is 5.39. The van der Waals surface area contributed by atoms with E-state index in [2.05, 4.69) is 4.72 Å². The number of rotatable bonds is 7. The van der Waals surface area contributed by atoms with Crippen molar-refractivity contribution >= 4 is 20.0 Å². The topological polar surface area (TPSA) is 106 Å². The molecule has 8 heteroatoms. The first-order valence-electron chi connectivity index (χ1n) is 6.71. The van der Waals surface area contributed by atoms with E-state index in [9.17, 15) is 16.8 Å². The van der Waals surface area contributed by atoms with E-state index in [0.717, 1.165) is 12.5 Å². The molecular weight excluding hydrogens is 312 g/mol. The fraction of sp³-hybridized carbons (Fsp3) is 0.538. The van der Waals surface area contributed by atoms with Crippen LogP contribution in [0.1, 0.15) is 33.6 Å². The van der Waals surface area contributed by atoms with Crippen molar-refractivity contribution in [2.45, 2.75) is 49.4 Å². The summed E-state index contributed by atoms with van der Waals surface area (Å²) in [6, 6.07) is 4.79. The molecule has 1 rings (SSSR count). The standard InChI is InChI=1S/C13H22N2O4S2/c1-4-10(2)8-11(3)15-21(18,19)13-7-5-6-12(9-13)20(14,16)17/h5-7,9-11,15H,4,8H2,1-3H3,(H2,14,16,17). The lowest BCUT2D eigenvalue weighted by molar-refractivity contribution is 0.445. The van der Waals surface area contributed by atoms with Crippen LogP contribution in [-0.4, -0.2) is 22.9 Å². The highest BCUT2D eigenvalue weighted by Crippen LogP contribution is 2.16. The molecule has 6 nitrogen and oxygen atoms in total. The highest BCUT2D eigenvalue weighted by atomic mass is 32.2. The lowest BCUT2D eigenvalue weighted by Crippen LogP contribution is -2.33. The summed E-state index contributed by atoms with van der Waals surface area (Å²) in [5.74, 6) is 0.401. The molecule has 0 amide bonds. The highest BCUT2D eigenvalue weighted by Gasteiger charge is 2.20. The van der Waals surface area contributed by atoms with Gasteiger partial charge >= 0.3 is 0 Å². The molecule has 2 atom stereocenters. The zero-order chi connectivity index (χ0) is 16.3. The minimum absolute atomic E-state index is 0.106. The first-order valence-corrected chi connectivity index (χ1v) is 9.74. The summed E-state index contributed by atoms with van der Waals surface area (Å²) in [5, 5.41) is 5.01. The molecule has 1 aromatic rings. The van der Waals surface area contributed by atoms with Crippen LogP contribution in [0.25, 0.3) is 0 Å². The quantitative estimate of drug-likeness (QED) is 0.786. The summed E-state index contributed by atoms with van der Waals surface area (Å²) in [6.07, 6.45) is 1.68. The fourth-order valence-electron chi connectivity index (χ4n) is 1.97. The Balaban J connectivity index is 2.98. The van der Waals surface area contributed by atoms with Gasteiger partial charge in [-0.25, -0.2) is 26.7 Å². The maximum atomic E-state index is 12.2. The lowest BCUT2D eigenvalue weighted by atomic mass is 10.0. The minimum atomic E-state index is -3.93. The van der Waals surface area contributed by atoms with Gasteiger partial charge in [0, 0.05) is 6.04 Å². The Morgan fingerprint density at radius 2 is 1.71 bits per heavy atom. The van der Waals surface area contributed by atoms with Crippen molar-refractivity contribution in [3.63, 3.8) is 0 Å². The Kier molecular flexibility index (Phi) is 5.92. The van der Waals surface area contributed by atoms with Crippen molar-refractivity contribution in [1.82, 2.24) is 4.72 Å². The molecule has 120 valence electrons. The molecule has 0 bridgehead atoms. The molecule has 0 saturated carbocycles. The van der Waals surface area contributed by atoms with Crippen LogP contribution >= 0.6 is 0 Å². The zero-order valence-electron chi connectivity index (χ0n) is 12.4. The van der Waals surface area contributed by atoms with E-state index in [0.29, 0.717) is 12.3 Å². The van der Waals surface area contributed by atoms with Crippen LogP contribution in [0.4, 0.5) is 0 Å². The monoisotopic (exact) mass is 334 g/mol. The summed E-state index contributed by atoms with van der Waals surface area (Å²) < 4.78 is 49.6. The van der Waals surface area contributed by atoms with E-state index in [1.54, 1.807) is 6.92 Å². The molecule has 0 aliphatic rings. The molecular formula is C13H22N2O4S2. The summed E-state index contributed by atoms with van der Waals surface area (Å²) in [4.78, 5) is -0.329. The van der Waals surface area contributed by atoms with Crippen LogP contribution in [-0.2, 0) is 20.0 Å². The predicted molar refractivity (Wildman–Crippen MR) is 81.7 cm³/mol. The van der Waals surface area contributed by atoms with E-state index in [4.69, 9.17) is 5.14 Å². The third-order valence-electron chi connectivity index (χ3n) is 3.25. The van der Waals surface area contributed by atoms with Gasteiger partial charge in [-0.2, -0.15) is 0 Å². The van der Waals surface area contributed by atoms with Crippen molar-refractivity contribution in [2.24, 2.45) is 11.1 Å². The van der Waals surface area contributed by atoms with Gasteiger partial charge in [0.25, 0.3) is 0 Å². The van der Waals surface area contributed by atoms with Crippen LogP contribution in [0, 0.1) is 5.92 Å². The van der Waals surface area contributed by atoms with E-state index in [-0.39, 0.29) is 15.8 Å². The first kappa shape index (κ1) is 18.1. The van der Waals surface area contributed by atoms with Crippen molar-refractivity contribution < 1.29 is 16.8 Å². The maximum absolute atomic E-state index is 12.2. The smallest absolute Gasteiger partial charge is 0.225 e. The summed E-state index contributed by atoms with van der Waals surface area (Å²) >= 11 is 0. The predicted octanol–water partition coefficient (Wildman–Crippen LogP) is 1.44. The molecule has 0 spiro atoms. The summed E-state index contributed by atoms with van der Waals surface area (Å²) in [7, 11) is -7.70. The van der Waals surface area contributed by atoms with Crippen molar-refractivity contribution in [1.29, 1.82) is 0 Å². The minimum Gasteiger partial charge on any atom is -0.225 e. The van der Waals surface area contributed by atoms with Gasteiger partial charge in [-0.15, -0.1) is 0 Å². The lowest BCUT2D eigenvalue weighted by Gasteiger charge is -2.17. The van der Waals surface area contributed by atoms with Crippen molar-refractivity contribution in [3.05, 3.63) is 24.3 Å². The summed E-state index contributed by atoms with van der Waals surface area (Å²) in [5.41, 5.74) is 0. The third-order valence-corrected chi connectivity index (χ3v) is 5.75. The molecule has 1 aromatic carbocycles. The van der Waals surface area contributed by atoms with Crippen LogP contribution in [0.5, 0.6) is 0 Å². The Morgan fingerprint density at radius 3 is 2.24 bits per heavy atom. The van der Waals surface area contributed by atoms with Gasteiger partial charge in [0.2, 0.25) is 20.0 Å². The summed E-state index contributed by atoms with van der Waals surface area (Å²) in [6.45, 7) is 5.88.